The molecule has 3 nitrogen and oxygen atoms in total. The van der Waals surface area contributed by atoms with E-state index in [1.165, 1.54) is 0 Å². The molecule has 1 aromatic heterocycles. The van der Waals surface area contributed by atoms with E-state index in [0.29, 0.717) is 5.69 Å². The molecule has 3 heteroatoms. The molecule has 0 N–H and O–H groups in total. The van der Waals surface area contributed by atoms with Crippen molar-refractivity contribution in [2.45, 2.75) is 19.9 Å². The molecule has 2 aromatic rings. The number of hydrogen-bond donors (Lipinski definition) is 0. The summed E-state index contributed by atoms with van der Waals surface area (Å²) < 4.78 is 1.87. The molecule has 2 rings (SSSR count). The van der Waals surface area contributed by atoms with Gasteiger partial charge >= 0.3 is 0 Å². The van der Waals surface area contributed by atoms with Crippen LogP contribution in [0.3, 0.4) is 0 Å². The Morgan fingerprint density at radius 2 is 2.07 bits per heavy atom. The summed E-state index contributed by atoms with van der Waals surface area (Å²) >= 11 is 0. The third kappa shape index (κ3) is 1.21. The van der Waals surface area contributed by atoms with E-state index >= 15 is 0 Å². The van der Waals surface area contributed by atoms with Gasteiger partial charge < -0.3 is 0 Å². The van der Waals surface area contributed by atoms with Crippen molar-refractivity contribution in [2.24, 2.45) is 0 Å². The van der Waals surface area contributed by atoms with Gasteiger partial charge in [0, 0.05) is 11.4 Å². The highest BCUT2D eigenvalue weighted by Crippen LogP contribution is 2.20. The highest BCUT2D eigenvalue weighted by Gasteiger charge is 2.10. The van der Waals surface area contributed by atoms with Crippen LogP contribution >= 0.6 is 0 Å². The third-order valence-electron chi connectivity index (χ3n) is 2.24. The maximum absolute atomic E-state index is 10.8. The van der Waals surface area contributed by atoms with Crippen LogP contribution in [0.25, 0.3) is 10.9 Å². The van der Waals surface area contributed by atoms with E-state index in [1.807, 2.05) is 42.8 Å². The van der Waals surface area contributed by atoms with E-state index in [9.17, 15) is 4.79 Å². The molecule has 14 heavy (non-hydrogen) atoms. The fourth-order valence-corrected chi connectivity index (χ4v) is 1.59. The summed E-state index contributed by atoms with van der Waals surface area (Å²) in [4.78, 5) is 10.8. The quantitative estimate of drug-likeness (QED) is 0.678. The summed E-state index contributed by atoms with van der Waals surface area (Å²) in [6.07, 6.45) is 0.807. The number of hydrogen-bond acceptors (Lipinski definition) is 2. The van der Waals surface area contributed by atoms with Gasteiger partial charge in [-0.25, -0.2) is 0 Å². The minimum atomic E-state index is 0.272. The van der Waals surface area contributed by atoms with Crippen LogP contribution in [-0.4, -0.2) is 16.1 Å². The number of aromatic nitrogens is 2. The lowest BCUT2D eigenvalue weighted by atomic mass is 10.2. The standard InChI is InChI=1S/C11H12N2O/c1-8(2)13-11-6-4-3-5-9(11)10(7-14)12-13/h3-8H,1-2H3. The zero-order valence-corrected chi connectivity index (χ0v) is 8.27. The van der Waals surface area contributed by atoms with Crippen molar-refractivity contribution in [3.63, 3.8) is 0 Å². The van der Waals surface area contributed by atoms with E-state index in [1.54, 1.807) is 0 Å². The molecule has 0 spiro atoms. The summed E-state index contributed by atoms with van der Waals surface area (Å²) in [6, 6.07) is 8.05. The van der Waals surface area contributed by atoms with Crippen molar-refractivity contribution in [1.29, 1.82) is 0 Å². The number of aldehydes is 1. The van der Waals surface area contributed by atoms with Crippen LogP contribution in [-0.2, 0) is 0 Å². The number of carbonyl (C=O) groups excluding carboxylic acids is 1. The zero-order valence-electron chi connectivity index (χ0n) is 8.27. The van der Waals surface area contributed by atoms with Crippen molar-refractivity contribution >= 4 is 17.2 Å². The van der Waals surface area contributed by atoms with Crippen molar-refractivity contribution in [3.05, 3.63) is 30.0 Å². The van der Waals surface area contributed by atoms with Crippen LogP contribution in [0.15, 0.2) is 24.3 Å². The second-order valence-electron chi connectivity index (χ2n) is 3.56. The molecular formula is C11H12N2O. The molecule has 1 aromatic carbocycles. The van der Waals surface area contributed by atoms with Gasteiger partial charge in [-0.2, -0.15) is 5.10 Å². The van der Waals surface area contributed by atoms with Gasteiger partial charge in [-0.1, -0.05) is 18.2 Å². The van der Waals surface area contributed by atoms with E-state index in [4.69, 9.17) is 0 Å². The molecule has 0 unspecified atom stereocenters. The molecule has 0 atom stereocenters. The fourth-order valence-electron chi connectivity index (χ4n) is 1.59. The Hall–Kier alpha value is -1.64. The van der Waals surface area contributed by atoms with Crippen LogP contribution in [0, 0.1) is 0 Å². The lowest BCUT2D eigenvalue weighted by Gasteiger charge is -2.05. The first-order chi connectivity index (χ1) is 6.74. The molecule has 0 aliphatic rings. The first kappa shape index (κ1) is 8.94. The Labute approximate surface area is 82.3 Å². The number of benzene rings is 1. The topological polar surface area (TPSA) is 34.9 Å². The Morgan fingerprint density at radius 3 is 2.71 bits per heavy atom. The predicted molar refractivity (Wildman–Crippen MR) is 55.5 cm³/mol. The molecule has 0 bridgehead atoms. The monoisotopic (exact) mass is 188 g/mol. The van der Waals surface area contributed by atoms with E-state index < -0.39 is 0 Å². The second kappa shape index (κ2) is 3.25. The van der Waals surface area contributed by atoms with Gasteiger partial charge in [0.15, 0.2) is 6.29 Å². The Balaban J connectivity index is 2.79. The van der Waals surface area contributed by atoms with Crippen LogP contribution < -0.4 is 0 Å². The summed E-state index contributed by atoms with van der Waals surface area (Å²) in [5, 5.41) is 5.18. The van der Waals surface area contributed by atoms with Gasteiger partial charge in [-0.3, -0.25) is 9.48 Å². The van der Waals surface area contributed by atoms with Crippen molar-refractivity contribution in [2.75, 3.05) is 0 Å². The fraction of sp³-hybridized carbons (Fsp3) is 0.273. The number of para-hydroxylation sites is 1. The number of rotatable bonds is 2. The Morgan fingerprint density at radius 1 is 1.36 bits per heavy atom. The van der Waals surface area contributed by atoms with E-state index in [-0.39, 0.29) is 6.04 Å². The van der Waals surface area contributed by atoms with Crippen molar-refractivity contribution in [1.82, 2.24) is 9.78 Å². The van der Waals surface area contributed by atoms with Gasteiger partial charge in [0.05, 0.1) is 5.52 Å². The highest BCUT2D eigenvalue weighted by molar-refractivity contribution is 5.95. The number of fused-ring (bicyclic) bond motifs is 1. The Kier molecular flexibility index (Phi) is 2.08. The van der Waals surface area contributed by atoms with Gasteiger partial charge in [-0.15, -0.1) is 0 Å². The lowest BCUT2D eigenvalue weighted by molar-refractivity contribution is 0.111. The first-order valence-corrected chi connectivity index (χ1v) is 4.66. The maximum atomic E-state index is 10.8. The molecule has 0 saturated heterocycles. The van der Waals surface area contributed by atoms with Crippen LogP contribution in [0.5, 0.6) is 0 Å². The molecule has 0 amide bonds. The predicted octanol–water partition coefficient (Wildman–Crippen LogP) is 2.43. The van der Waals surface area contributed by atoms with Crippen LogP contribution in [0.4, 0.5) is 0 Å². The third-order valence-corrected chi connectivity index (χ3v) is 2.24. The molecule has 0 radical (unpaired) electrons. The smallest absolute Gasteiger partial charge is 0.170 e. The minimum Gasteiger partial charge on any atom is -0.296 e. The van der Waals surface area contributed by atoms with Crippen LogP contribution in [0.2, 0.25) is 0 Å². The molecule has 0 aliphatic carbocycles. The minimum absolute atomic E-state index is 0.272. The maximum Gasteiger partial charge on any atom is 0.170 e. The van der Waals surface area contributed by atoms with Gasteiger partial charge in [0.2, 0.25) is 0 Å². The second-order valence-corrected chi connectivity index (χ2v) is 3.56. The summed E-state index contributed by atoms with van der Waals surface area (Å²) in [5.74, 6) is 0. The average Bonchev–Trinajstić information content (AvgIpc) is 2.56. The molecule has 72 valence electrons. The summed E-state index contributed by atoms with van der Waals surface area (Å²) in [7, 11) is 0. The summed E-state index contributed by atoms with van der Waals surface area (Å²) in [5.41, 5.74) is 1.54. The molecular weight excluding hydrogens is 176 g/mol. The number of carbonyl (C=O) groups is 1. The number of nitrogens with zero attached hydrogens (tertiary/aromatic N) is 2. The van der Waals surface area contributed by atoms with E-state index in [0.717, 1.165) is 17.2 Å². The Bertz CT molecular complexity index is 471. The van der Waals surface area contributed by atoms with E-state index in [2.05, 4.69) is 5.10 Å². The zero-order chi connectivity index (χ0) is 10.1. The van der Waals surface area contributed by atoms with Crippen molar-refractivity contribution < 1.29 is 4.79 Å². The van der Waals surface area contributed by atoms with Gasteiger partial charge in [0.1, 0.15) is 5.69 Å². The first-order valence-electron chi connectivity index (χ1n) is 4.66. The SMILES string of the molecule is CC(C)n1nc(C=O)c2ccccc21. The van der Waals surface area contributed by atoms with Crippen LogP contribution in [0.1, 0.15) is 30.4 Å². The highest BCUT2D eigenvalue weighted by atomic mass is 16.1. The van der Waals surface area contributed by atoms with Gasteiger partial charge in [0.25, 0.3) is 0 Å². The summed E-state index contributed by atoms with van der Waals surface area (Å²) in [6.45, 7) is 4.10. The molecule has 0 saturated carbocycles. The van der Waals surface area contributed by atoms with Gasteiger partial charge in [-0.05, 0) is 19.9 Å². The molecule has 0 aliphatic heterocycles. The van der Waals surface area contributed by atoms with Crippen molar-refractivity contribution in [3.8, 4) is 0 Å². The molecule has 0 fully saturated rings. The molecule has 1 heterocycles. The normalized spacial score (nSPS) is 11.1. The lowest BCUT2D eigenvalue weighted by Crippen LogP contribution is -2.02. The largest absolute Gasteiger partial charge is 0.296 e. The average molecular weight is 188 g/mol.